The molecule has 0 saturated carbocycles. The molecule has 2 N–H and O–H groups in total. The van der Waals surface area contributed by atoms with Gasteiger partial charge in [-0.05, 0) is 23.6 Å². The number of hydrogen-bond donors (Lipinski definition) is 2. The molecule has 0 spiro atoms. The van der Waals surface area contributed by atoms with Crippen LogP contribution in [0, 0.1) is 5.92 Å². The lowest BCUT2D eigenvalue weighted by Gasteiger charge is -2.34. The van der Waals surface area contributed by atoms with Crippen LogP contribution in [0.2, 0.25) is 0 Å². The maximum absolute atomic E-state index is 9.51. The summed E-state index contributed by atoms with van der Waals surface area (Å²) in [6.45, 7) is 8.52. The molecule has 3 heteroatoms. The van der Waals surface area contributed by atoms with Crippen molar-refractivity contribution in [3.05, 3.63) is 35.7 Å². The van der Waals surface area contributed by atoms with Crippen LogP contribution >= 0.6 is 0 Å². The summed E-state index contributed by atoms with van der Waals surface area (Å²) in [5.74, 6) is 1.79. The third-order valence-corrected chi connectivity index (χ3v) is 3.07. The van der Waals surface area contributed by atoms with Crippen molar-refractivity contribution >= 4 is 0 Å². The maximum Gasteiger partial charge on any atom is 0.115 e. The first-order valence-electron chi connectivity index (χ1n) is 6.19. The highest BCUT2D eigenvalue weighted by molar-refractivity contribution is 5.29. The second-order valence-electron chi connectivity index (χ2n) is 5.04. The molecule has 1 aromatic carbocycles. The Morgan fingerprint density at radius 2 is 2.29 bits per heavy atom. The van der Waals surface area contributed by atoms with Crippen LogP contribution in [0.3, 0.4) is 0 Å². The van der Waals surface area contributed by atoms with Gasteiger partial charge in [-0.25, -0.2) is 0 Å². The number of hydrogen-bond acceptors (Lipinski definition) is 3. The van der Waals surface area contributed by atoms with Gasteiger partial charge in [-0.2, -0.15) is 0 Å². The van der Waals surface area contributed by atoms with Crippen LogP contribution in [-0.2, 0) is 0 Å². The quantitative estimate of drug-likeness (QED) is 0.837. The van der Waals surface area contributed by atoms with E-state index in [9.17, 15) is 5.11 Å². The summed E-state index contributed by atoms with van der Waals surface area (Å²) in [5.41, 5.74) is 1.17. The van der Waals surface area contributed by atoms with Crippen molar-refractivity contribution in [2.24, 2.45) is 0 Å². The molecule has 93 valence electrons. The molecule has 17 heavy (non-hydrogen) atoms. The van der Waals surface area contributed by atoms with Crippen LogP contribution in [0.15, 0.2) is 24.3 Å². The third-order valence-electron chi connectivity index (χ3n) is 3.07. The smallest absolute Gasteiger partial charge is 0.115 e. The Hall–Kier alpha value is -1.06. The minimum atomic E-state index is 0.329. The van der Waals surface area contributed by atoms with E-state index in [1.165, 1.54) is 11.5 Å². The zero-order valence-electron chi connectivity index (χ0n) is 10.6. The molecule has 1 atom stereocenters. The standard InChI is InChI=1S/C14H21N2O/c1-11(2)9-16-7-6-15-14(10-16)12-4-3-5-13(17)8-12/h3-5,8,14-15,17H,6-7,9-10H2,1-2H3. The molecule has 1 fully saturated rings. The number of benzene rings is 1. The molecule has 1 aliphatic rings. The molecule has 0 aromatic heterocycles. The predicted octanol–water partition coefficient (Wildman–Crippen LogP) is 1.95. The molecule has 0 amide bonds. The molecule has 1 radical (unpaired) electrons. The second-order valence-corrected chi connectivity index (χ2v) is 5.04. The summed E-state index contributed by atoms with van der Waals surface area (Å²) < 4.78 is 0. The Labute approximate surface area is 103 Å². The van der Waals surface area contributed by atoms with E-state index in [1.807, 2.05) is 12.1 Å². The van der Waals surface area contributed by atoms with Gasteiger partial charge in [0.2, 0.25) is 0 Å². The van der Waals surface area contributed by atoms with Gasteiger partial charge >= 0.3 is 0 Å². The number of nitrogens with zero attached hydrogens (tertiary/aromatic N) is 1. The minimum absolute atomic E-state index is 0.329. The van der Waals surface area contributed by atoms with Crippen molar-refractivity contribution in [3.8, 4) is 5.75 Å². The Morgan fingerprint density at radius 1 is 1.47 bits per heavy atom. The first-order valence-corrected chi connectivity index (χ1v) is 6.19. The van der Waals surface area contributed by atoms with Crippen molar-refractivity contribution in [1.29, 1.82) is 0 Å². The molecule has 1 saturated heterocycles. The Kier molecular flexibility index (Phi) is 4.02. The Balaban J connectivity index is 2.02. The average molecular weight is 233 g/mol. The summed E-state index contributed by atoms with van der Waals surface area (Å²) in [6.07, 6.45) is 0. The first kappa shape index (κ1) is 12.4. The van der Waals surface area contributed by atoms with Gasteiger partial charge in [-0.15, -0.1) is 0 Å². The average Bonchev–Trinajstić information content (AvgIpc) is 2.28. The van der Waals surface area contributed by atoms with E-state index in [4.69, 9.17) is 0 Å². The number of piperazine rings is 1. The first-order chi connectivity index (χ1) is 8.15. The molecule has 0 aliphatic carbocycles. The molecule has 0 bridgehead atoms. The minimum Gasteiger partial charge on any atom is -0.508 e. The van der Waals surface area contributed by atoms with Crippen LogP contribution in [0.25, 0.3) is 0 Å². The SMILES string of the molecule is C[C](C)CN1CCNC(c2cccc(O)c2)C1. The van der Waals surface area contributed by atoms with Gasteiger partial charge in [0.15, 0.2) is 0 Å². The summed E-state index contributed by atoms with van der Waals surface area (Å²) >= 11 is 0. The Bertz CT molecular complexity index is 365. The molecule has 3 nitrogen and oxygen atoms in total. The fraction of sp³-hybridized carbons (Fsp3) is 0.500. The van der Waals surface area contributed by atoms with Crippen LogP contribution in [0.4, 0.5) is 0 Å². The van der Waals surface area contributed by atoms with Gasteiger partial charge in [0.1, 0.15) is 5.75 Å². The van der Waals surface area contributed by atoms with Crippen LogP contribution in [0.5, 0.6) is 5.75 Å². The topological polar surface area (TPSA) is 35.5 Å². The van der Waals surface area contributed by atoms with Crippen molar-refractivity contribution in [2.45, 2.75) is 19.9 Å². The fourth-order valence-corrected chi connectivity index (χ4v) is 2.37. The lowest BCUT2D eigenvalue weighted by atomic mass is 10.0. The van der Waals surface area contributed by atoms with E-state index in [0.29, 0.717) is 11.8 Å². The van der Waals surface area contributed by atoms with Crippen LogP contribution in [0.1, 0.15) is 25.5 Å². The fourth-order valence-electron chi connectivity index (χ4n) is 2.37. The number of phenols is 1. The second kappa shape index (κ2) is 5.52. The lowest BCUT2D eigenvalue weighted by Crippen LogP contribution is -2.46. The van der Waals surface area contributed by atoms with E-state index in [2.05, 4.69) is 30.1 Å². The highest BCUT2D eigenvalue weighted by atomic mass is 16.3. The summed E-state index contributed by atoms with van der Waals surface area (Å²) in [6, 6.07) is 7.87. The zero-order valence-corrected chi connectivity index (χ0v) is 10.6. The van der Waals surface area contributed by atoms with E-state index >= 15 is 0 Å². The van der Waals surface area contributed by atoms with E-state index < -0.39 is 0 Å². The highest BCUT2D eigenvalue weighted by Gasteiger charge is 2.21. The maximum atomic E-state index is 9.51. The van der Waals surface area contributed by atoms with Gasteiger partial charge in [-0.1, -0.05) is 26.0 Å². The van der Waals surface area contributed by atoms with E-state index in [0.717, 1.165) is 26.2 Å². The van der Waals surface area contributed by atoms with Crippen molar-refractivity contribution in [1.82, 2.24) is 10.2 Å². The molecule has 1 aromatic rings. The molecule has 1 heterocycles. The largest absolute Gasteiger partial charge is 0.508 e. The van der Waals surface area contributed by atoms with Gasteiger partial charge < -0.3 is 10.4 Å². The monoisotopic (exact) mass is 233 g/mol. The van der Waals surface area contributed by atoms with Crippen molar-refractivity contribution in [3.63, 3.8) is 0 Å². The molecule has 1 unspecified atom stereocenters. The normalized spacial score (nSPS) is 21.9. The Morgan fingerprint density at radius 3 is 3.00 bits per heavy atom. The van der Waals surface area contributed by atoms with E-state index in [1.54, 1.807) is 6.07 Å². The molecule has 2 rings (SSSR count). The van der Waals surface area contributed by atoms with E-state index in [-0.39, 0.29) is 0 Å². The number of aromatic hydroxyl groups is 1. The van der Waals surface area contributed by atoms with Crippen LogP contribution in [-0.4, -0.2) is 36.2 Å². The summed E-state index contributed by atoms with van der Waals surface area (Å²) in [4.78, 5) is 2.46. The zero-order chi connectivity index (χ0) is 12.3. The number of phenolic OH excluding ortho intramolecular Hbond substituents is 1. The highest BCUT2D eigenvalue weighted by Crippen LogP contribution is 2.21. The van der Waals surface area contributed by atoms with Crippen LogP contribution < -0.4 is 5.32 Å². The van der Waals surface area contributed by atoms with Gasteiger partial charge in [0, 0.05) is 32.2 Å². The molecular formula is C14H21N2O. The van der Waals surface area contributed by atoms with Gasteiger partial charge in [-0.3, -0.25) is 4.90 Å². The third kappa shape index (κ3) is 3.45. The lowest BCUT2D eigenvalue weighted by molar-refractivity contribution is 0.207. The van der Waals surface area contributed by atoms with Crippen molar-refractivity contribution < 1.29 is 5.11 Å². The number of nitrogens with one attached hydrogen (secondary N) is 1. The van der Waals surface area contributed by atoms with Gasteiger partial charge in [0.05, 0.1) is 0 Å². The van der Waals surface area contributed by atoms with Gasteiger partial charge in [0.25, 0.3) is 0 Å². The van der Waals surface area contributed by atoms with Crippen molar-refractivity contribution in [2.75, 3.05) is 26.2 Å². The summed E-state index contributed by atoms with van der Waals surface area (Å²) in [5, 5.41) is 13.0. The predicted molar refractivity (Wildman–Crippen MR) is 69.9 cm³/mol. The summed E-state index contributed by atoms with van der Waals surface area (Å²) in [7, 11) is 0. The molecule has 1 aliphatic heterocycles. The molecular weight excluding hydrogens is 212 g/mol. The number of rotatable bonds is 3.